The molecular weight excluding hydrogens is 350 g/mol. The molecule has 1 nitrogen and oxygen atoms in total. The quantitative estimate of drug-likeness (QED) is 0.345. The van der Waals surface area contributed by atoms with Crippen LogP contribution in [0.5, 0.6) is 0 Å². The lowest BCUT2D eigenvalue weighted by atomic mass is 9.90. The van der Waals surface area contributed by atoms with Crippen molar-refractivity contribution in [3.63, 3.8) is 0 Å². The number of allylic oxidation sites excluding steroid dienone is 2. The molecule has 0 fully saturated rings. The van der Waals surface area contributed by atoms with Crippen molar-refractivity contribution in [2.24, 2.45) is 5.73 Å². The zero-order valence-corrected chi connectivity index (χ0v) is 19.9. The van der Waals surface area contributed by atoms with Gasteiger partial charge in [-0.25, -0.2) is 0 Å². The fourth-order valence-electron chi connectivity index (χ4n) is 3.83. The van der Waals surface area contributed by atoms with Gasteiger partial charge in [0.2, 0.25) is 0 Å². The van der Waals surface area contributed by atoms with E-state index in [0.717, 1.165) is 0 Å². The van der Waals surface area contributed by atoms with Gasteiger partial charge >= 0.3 is 0 Å². The van der Waals surface area contributed by atoms with E-state index >= 15 is 0 Å². The van der Waals surface area contributed by atoms with Crippen LogP contribution in [0.2, 0.25) is 0 Å². The average molecular weight is 398 g/mol. The van der Waals surface area contributed by atoms with Gasteiger partial charge in [0.05, 0.1) is 0 Å². The minimum Gasteiger partial charge on any atom is -0.405 e. The second-order valence-electron chi connectivity index (χ2n) is 8.18. The zero-order valence-electron chi connectivity index (χ0n) is 19.9. The molecule has 0 aliphatic heterocycles. The van der Waals surface area contributed by atoms with Gasteiger partial charge in [0.1, 0.15) is 0 Å². The van der Waals surface area contributed by atoms with Crippen molar-refractivity contribution in [3.05, 3.63) is 58.6 Å². The molecule has 164 valence electrons. The van der Waals surface area contributed by atoms with Crippen LogP contribution in [0.3, 0.4) is 0 Å². The molecular formula is C28H47N. The third kappa shape index (κ3) is 12.4. The van der Waals surface area contributed by atoms with Crippen molar-refractivity contribution in [1.82, 2.24) is 0 Å². The molecule has 0 unspecified atom stereocenters. The third-order valence-corrected chi connectivity index (χ3v) is 5.34. The first-order valence-electron chi connectivity index (χ1n) is 11.8. The molecule has 0 saturated carbocycles. The maximum atomic E-state index is 4.61. The van der Waals surface area contributed by atoms with Crippen LogP contribution >= 0.6 is 0 Å². The highest BCUT2D eigenvalue weighted by atomic mass is 14.5. The Hall–Kier alpha value is -1.76. The molecule has 0 radical (unpaired) electrons. The fourth-order valence-corrected chi connectivity index (χ4v) is 3.83. The second-order valence-corrected chi connectivity index (χ2v) is 8.18. The molecule has 29 heavy (non-hydrogen) atoms. The molecule has 0 atom stereocenters. The number of hydrogen-bond acceptors (Lipinski definition) is 1. The summed E-state index contributed by atoms with van der Waals surface area (Å²) in [6.07, 6.45) is 17.3. The number of unbranched alkanes of at least 4 members (excludes halogenated alkanes) is 8. The highest BCUT2D eigenvalue weighted by Gasteiger charge is 2.08. The lowest BCUT2D eigenvalue weighted by Crippen LogP contribution is -2.26. The Bertz CT molecular complexity index is 677. The van der Waals surface area contributed by atoms with E-state index in [1.165, 1.54) is 99.3 Å². The Morgan fingerprint density at radius 3 is 1.83 bits per heavy atom. The van der Waals surface area contributed by atoms with E-state index in [2.05, 4.69) is 70.9 Å². The van der Waals surface area contributed by atoms with Gasteiger partial charge < -0.3 is 5.73 Å². The van der Waals surface area contributed by atoms with Gasteiger partial charge in [-0.2, -0.15) is 0 Å². The van der Waals surface area contributed by atoms with Gasteiger partial charge in [0, 0.05) is 0 Å². The maximum absolute atomic E-state index is 4.61. The summed E-state index contributed by atoms with van der Waals surface area (Å²) in [6, 6.07) is 8.68. The Kier molecular flexibility index (Phi) is 17.2. The fraction of sp³-hybridized carbons (Fsp3) is 0.571. The summed E-state index contributed by atoms with van der Waals surface area (Å²) >= 11 is 0. The minimum atomic E-state index is 1.17. The maximum Gasteiger partial charge on any atom is -0.0136 e. The monoisotopic (exact) mass is 397 g/mol. The molecule has 2 N–H and O–H groups in total. The summed E-state index contributed by atoms with van der Waals surface area (Å²) in [5.41, 5.74) is 9.21. The first kappa shape index (κ1) is 27.2. The van der Waals surface area contributed by atoms with Crippen LogP contribution in [0.15, 0.2) is 48.2 Å². The molecule has 1 aromatic rings. The highest BCUT2D eigenvalue weighted by Crippen LogP contribution is 2.25. The number of rotatable bonds is 13. The molecule has 0 aliphatic carbocycles. The summed E-state index contributed by atoms with van der Waals surface area (Å²) in [4.78, 5) is 0. The topological polar surface area (TPSA) is 26.0 Å². The summed E-state index contributed by atoms with van der Waals surface area (Å²) < 4.78 is 0. The Morgan fingerprint density at radius 1 is 0.828 bits per heavy atom. The molecule has 0 aliphatic rings. The van der Waals surface area contributed by atoms with E-state index in [1.807, 2.05) is 0 Å². The molecule has 0 amide bonds. The molecule has 0 heterocycles. The van der Waals surface area contributed by atoms with Crippen LogP contribution in [0, 0.1) is 0 Å². The van der Waals surface area contributed by atoms with E-state index in [0.29, 0.717) is 0 Å². The standard InChI is InChI=1S/C26H42.C2H5N/c1-6-8-9-10-11-12-13-14-15-21-26(24(18-7-2)22(3)4)25-20-17-16-19-23(25)5;1-2-3/h16-17,19-20H,5-15,18,21H2,1-4H3;2H,1,3H2/b26-25-;. The normalized spacial score (nSPS) is 11.3. The van der Waals surface area contributed by atoms with Crippen molar-refractivity contribution < 1.29 is 0 Å². The smallest absolute Gasteiger partial charge is 0.0136 e. The number of nitrogens with two attached hydrogens (primary N) is 1. The van der Waals surface area contributed by atoms with Crippen molar-refractivity contribution in [2.75, 3.05) is 0 Å². The van der Waals surface area contributed by atoms with Crippen LogP contribution in [0.4, 0.5) is 0 Å². The second kappa shape index (κ2) is 18.3. The Labute approximate surface area is 181 Å². The molecule has 1 aromatic carbocycles. The number of benzene rings is 1. The van der Waals surface area contributed by atoms with Crippen LogP contribution in [-0.2, 0) is 0 Å². The third-order valence-electron chi connectivity index (χ3n) is 5.34. The van der Waals surface area contributed by atoms with E-state index < -0.39 is 0 Å². The van der Waals surface area contributed by atoms with Crippen LogP contribution in [0.25, 0.3) is 12.2 Å². The van der Waals surface area contributed by atoms with E-state index in [4.69, 9.17) is 0 Å². The van der Waals surface area contributed by atoms with E-state index in [-0.39, 0.29) is 0 Å². The molecule has 0 saturated heterocycles. The van der Waals surface area contributed by atoms with Crippen molar-refractivity contribution in [2.45, 2.75) is 105 Å². The van der Waals surface area contributed by atoms with Crippen molar-refractivity contribution >= 4 is 12.2 Å². The summed E-state index contributed by atoms with van der Waals surface area (Å²) in [7, 11) is 0. The lowest BCUT2D eigenvalue weighted by Gasteiger charge is -2.15. The lowest BCUT2D eigenvalue weighted by molar-refractivity contribution is 0.567. The highest BCUT2D eigenvalue weighted by molar-refractivity contribution is 5.65. The molecule has 1 rings (SSSR count). The summed E-state index contributed by atoms with van der Waals surface area (Å²) in [5.74, 6) is 0. The van der Waals surface area contributed by atoms with Crippen LogP contribution in [0.1, 0.15) is 105 Å². The van der Waals surface area contributed by atoms with Gasteiger partial charge in [-0.05, 0) is 60.9 Å². The van der Waals surface area contributed by atoms with Crippen LogP contribution in [-0.4, -0.2) is 0 Å². The summed E-state index contributed by atoms with van der Waals surface area (Å²) in [5, 5.41) is 2.55. The molecule has 0 spiro atoms. The number of hydrogen-bond donors (Lipinski definition) is 1. The van der Waals surface area contributed by atoms with Crippen molar-refractivity contribution in [1.29, 1.82) is 0 Å². The minimum absolute atomic E-state index is 1.17. The van der Waals surface area contributed by atoms with E-state index in [9.17, 15) is 0 Å². The van der Waals surface area contributed by atoms with Crippen molar-refractivity contribution in [3.8, 4) is 0 Å². The predicted octanol–water partition coefficient (Wildman–Crippen LogP) is 7.39. The summed E-state index contributed by atoms with van der Waals surface area (Å²) in [6.45, 7) is 16.5. The first-order chi connectivity index (χ1) is 14.0. The molecule has 0 aromatic heterocycles. The average Bonchev–Trinajstić information content (AvgIpc) is 2.69. The Morgan fingerprint density at radius 2 is 1.34 bits per heavy atom. The van der Waals surface area contributed by atoms with Gasteiger partial charge in [-0.1, -0.05) is 115 Å². The van der Waals surface area contributed by atoms with Crippen LogP contribution < -0.4 is 16.2 Å². The van der Waals surface area contributed by atoms with E-state index in [1.54, 1.807) is 11.1 Å². The largest absolute Gasteiger partial charge is 0.405 e. The van der Waals surface area contributed by atoms with Gasteiger partial charge in [0.25, 0.3) is 0 Å². The molecule has 0 bridgehead atoms. The van der Waals surface area contributed by atoms with Gasteiger partial charge in [-0.15, -0.1) is 0 Å². The van der Waals surface area contributed by atoms with Gasteiger partial charge in [0.15, 0.2) is 0 Å². The SMILES string of the molecule is C=CN.C=c1cccc/c1=C(\CCCCCCCCCCC)C(CCC)=C(C)C. The molecule has 1 heteroatoms. The first-order valence-corrected chi connectivity index (χ1v) is 11.8. The Balaban J connectivity index is 0.00000245. The zero-order chi connectivity index (χ0) is 21.9. The van der Waals surface area contributed by atoms with Gasteiger partial charge in [-0.3, -0.25) is 0 Å². The predicted molar refractivity (Wildman–Crippen MR) is 134 cm³/mol.